The van der Waals surface area contributed by atoms with Crippen molar-refractivity contribution in [2.24, 2.45) is 0 Å². The van der Waals surface area contributed by atoms with Crippen molar-refractivity contribution in [1.29, 1.82) is 0 Å². The van der Waals surface area contributed by atoms with Gasteiger partial charge in [0.2, 0.25) is 0 Å². The molecule has 20 heavy (non-hydrogen) atoms. The van der Waals surface area contributed by atoms with E-state index in [4.69, 9.17) is 4.74 Å². The molecule has 3 heteroatoms. The van der Waals surface area contributed by atoms with Gasteiger partial charge in [0.25, 0.3) is 0 Å². The molecule has 2 nitrogen and oxygen atoms in total. The van der Waals surface area contributed by atoms with E-state index in [9.17, 15) is 0 Å². The fourth-order valence-electron chi connectivity index (χ4n) is 2.03. The van der Waals surface area contributed by atoms with E-state index in [1.54, 1.807) is 0 Å². The fourth-order valence-corrected chi connectivity index (χ4v) is 2.43. The summed E-state index contributed by atoms with van der Waals surface area (Å²) < 4.78 is 6.80. The van der Waals surface area contributed by atoms with Gasteiger partial charge in [0.05, 0.1) is 4.47 Å². The molecule has 0 unspecified atom stereocenters. The van der Waals surface area contributed by atoms with Crippen LogP contribution in [0.1, 0.15) is 24.0 Å². The molecular weight excluding hydrogens is 314 g/mol. The van der Waals surface area contributed by atoms with E-state index in [0.717, 1.165) is 22.8 Å². The van der Waals surface area contributed by atoms with Crippen LogP contribution in [0.25, 0.3) is 0 Å². The third kappa shape index (κ3) is 3.84. The predicted molar refractivity (Wildman–Crippen MR) is 84.8 cm³/mol. The van der Waals surface area contributed by atoms with Crippen LogP contribution in [0.15, 0.2) is 53.0 Å². The molecule has 0 aromatic heterocycles. The van der Waals surface area contributed by atoms with Crippen molar-refractivity contribution in [3.05, 3.63) is 64.1 Å². The minimum atomic E-state index is 0.596. The van der Waals surface area contributed by atoms with Crippen molar-refractivity contribution in [2.75, 3.05) is 0 Å². The second kappa shape index (κ2) is 6.42. The van der Waals surface area contributed by atoms with Gasteiger partial charge in [-0.25, -0.2) is 0 Å². The Hall–Kier alpha value is -1.32. The van der Waals surface area contributed by atoms with E-state index < -0.39 is 0 Å². The first-order valence-corrected chi connectivity index (χ1v) is 7.79. The van der Waals surface area contributed by atoms with Gasteiger partial charge in [-0.1, -0.05) is 36.4 Å². The smallest absolute Gasteiger partial charge is 0.133 e. The number of benzene rings is 2. The van der Waals surface area contributed by atoms with Crippen molar-refractivity contribution in [1.82, 2.24) is 5.32 Å². The summed E-state index contributed by atoms with van der Waals surface area (Å²) in [5.41, 5.74) is 2.53. The summed E-state index contributed by atoms with van der Waals surface area (Å²) >= 11 is 3.49. The van der Waals surface area contributed by atoms with Crippen LogP contribution in [0.5, 0.6) is 5.75 Å². The van der Waals surface area contributed by atoms with Crippen molar-refractivity contribution >= 4 is 15.9 Å². The number of ether oxygens (including phenoxy) is 1. The standard InChI is InChI=1S/C17H18BrNO/c18-16-3-1-2-4-17(16)20-12-14-7-5-13(6-8-14)11-19-15-9-10-15/h1-8,15,19H,9-12H2. The summed E-state index contributed by atoms with van der Waals surface area (Å²) in [5.74, 6) is 0.881. The first-order valence-electron chi connectivity index (χ1n) is 7.00. The number of para-hydroxylation sites is 1. The maximum Gasteiger partial charge on any atom is 0.133 e. The van der Waals surface area contributed by atoms with Crippen LogP contribution in [0.4, 0.5) is 0 Å². The molecule has 2 aromatic carbocycles. The molecule has 0 spiro atoms. The maximum absolute atomic E-state index is 5.81. The van der Waals surface area contributed by atoms with Crippen molar-refractivity contribution in [3.8, 4) is 5.75 Å². The van der Waals surface area contributed by atoms with Crippen LogP contribution in [0.2, 0.25) is 0 Å². The molecule has 1 aliphatic rings. The lowest BCUT2D eigenvalue weighted by Gasteiger charge is -2.09. The Balaban J connectivity index is 1.53. The summed E-state index contributed by atoms with van der Waals surface area (Å²) in [5, 5.41) is 3.52. The molecule has 104 valence electrons. The zero-order valence-electron chi connectivity index (χ0n) is 11.3. The van der Waals surface area contributed by atoms with E-state index in [0.29, 0.717) is 6.61 Å². The average Bonchev–Trinajstić information content (AvgIpc) is 3.30. The summed E-state index contributed by atoms with van der Waals surface area (Å²) in [7, 11) is 0. The quantitative estimate of drug-likeness (QED) is 0.852. The van der Waals surface area contributed by atoms with Gasteiger partial charge in [0.1, 0.15) is 12.4 Å². The Bertz CT molecular complexity index is 563. The number of halogens is 1. The number of hydrogen-bond donors (Lipinski definition) is 1. The highest BCUT2D eigenvalue weighted by molar-refractivity contribution is 9.10. The zero-order chi connectivity index (χ0) is 13.8. The van der Waals surface area contributed by atoms with Crippen molar-refractivity contribution in [2.45, 2.75) is 32.0 Å². The predicted octanol–water partition coefficient (Wildman–Crippen LogP) is 4.28. The molecule has 0 atom stereocenters. The third-order valence-corrected chi connectivity index (χ3v) is 4.08. The maximum atomic E-state index is 5.81. The molecule has 2 aromatic rings. The highest BCUT2D eigenvalue weighted by Gasteiger charge is 2.19. The second-order valence-electron chi connectivity index (χ2n) is 5.19. The molecular formula is C17H18BrNO. The molecule has 1 N–H and O–H groups in total. The van der Waals surface area contributed by atoms with Crippen LogP contribution in [0.3, 0.4) is 0 Å². The number of rotatable bonds is 6. The third-order valence-electron chi connectivity index (χ3n) is 3.43. The van der Waals surface area contributed by atoms with Crippen LogP contribution in [-0.4, -0.2) is 6.04 Å². The summed E-state index contributed by atoms with van der Waals surface area (Å²) in [6.45, 7) is 1.56. The molecule has 0 heterocycles. The second-order valence-corrected chi connectivity index (χ2v) is 6.05. The largest absolute Gasteiger partial charge is 0.488 e. The Morgan fingerprint density at radius 2 is 1.70 bits per heavy atom. The van der Waals surface area contributed by atoms with E-state index in [-0.39, 0.29) is 0 Å². The Labute approximate surface area is 128 Å². The Kier molecular flexibility index (Phi) is 4.38. The molecule has 1 saturated carbocycles. The van der Waals surface area contributed by atoms with E-state index >= 15 is 0 Å². The van der Waals surface area contributed by atoms with Crippen molar-refractivity contribution < 1.29 is 4.74 Å². The lowest BCUT2D eigenvalue weighted by atomic mass is 10.1. The Morgan fingerprint density at radius 3 is 2.40 bits per heavy atom. The molecule has 0 aliphatic heterocycles. The van der Waals surface area contributed by atoms with Gasteiger partial charge in [-0.3, -0.25) is 0 Å². The first-order chi connectivity index (χ1) is 9.81. The summed E-state index contributed by atoms with van der Waals surface area (Å²) in [6.07, 6.45) is 2.66. The molecule has 0 saturated heterocycles. The average molecular weight is 332 g/mol. The minimum Gasteiger partial charge on any atom is -0.488 e. The van der Waals surface area contributed by atoms with Gasteiger partial charge >= 0.3 is 0 Å². The van der Waals surface area contributed by atoms with Crippen LogP contribution < -0.4 is 10.1 Å². The van der Waals surface area contributed by atoms with Crippen LogP contribution in [-0.2, 0) is 13.2 Å². The molecule has 0 amide bonds. The number of hydrogen-bond acceptors (Lipinski definition) is 2. The van der Waals surface area contributed by atoms with Gasteiger partial charge in [-0.05, 0) is 52.0 Å². The first kappa shape index (κ1) is 13.7. The summed E-state index contributed by atoms with van der Waals surface area (Å²) in [6, 6.07) is 17.3. The molecule has 3 rings (SSSR count). The van der Waals surface area contributed by atoms with E-state index in [1.165, 1.54) is 24.0 Å². The van der Waals surface area contributed by atoms with Gasteiger partial charge in [0.15, 0.2) is 0 Å². The van der Waals surface area contributed by atoms with Gasteiger partial charge in [-0.15, -0.1) is 0 Å². The number of nitrogens with one attached hydrogen (secondary N) is 1. The van der Waals surface area contributed by atoms with Crippen LogP contribution >= 0.6 is 15.9 Å². The lowest BCUT2D eigenvalue weighted by Crippen LogP contribution is -2.15. The minimum absolute atomic E-state index is 0.596. The lowest BCUT2D eigenvalue weighted by molar-refractivity contribution is 0.304. The monoisotopic (exact) mass is 331 g/mol. The summed E-state index contributed by atoms with van der Waals surface area (Å²) in [4.78, 5) is 0. The highest BCUT2D eigenvalue weighted by Crippen LogP contribution is 2.24. The molecule has 0 radical (unpaired) electrons. The van der Waals surface area contributed by atoms with E-state index in [1.807, 2.05) is 24.3 Å². The van der Waals surface area contributed by atoms with Gasteiger partial charge in [0, 0.05) is 12.6 Å². The fraction of sp³-hybridized carbons (Fsp3) is 0.294. The highest BCUT2D eigenvalue weighted by atomic mass is 79.9. The normalized spacial score (nSPS) is 14.2. The van der Waals surface area contributed by atoms with E-state index in [2.05, 4.69) is 45.5 Å². The molecule has 1 aliphatic carbocycles. The van der Waals surface area contributed by atoms with Crippen LogP contribution in [0, 0.1) is 0 Å². The van der Waals surface area contributed by atoms with Gasteiger partial charge < -0.3 is 10.1 Å². The Morgan fingerprint density at radius 1 is 1.00 bits per heavy atom. The molecule has 1 fully saturated rings. The van der Waals surface area contributed by atoms with Crippen molar-refractivity contribution in [3.63, 3.8) is 0 Å². The molecule has 0 bridgehead atoms. The topological polar surface area (TPSA) is 21.3 Å². The zero-order valence-corrected chi connectivity index (χ0v) is 12.9. The SMILES string of the molecule is Brc1ccccc1OCc1ccc(CNC2CC2)cc1. The van der Waals surface area contributed by atoms with Gasteiger partial charge in [-0.2, -0.15) is 0 Å².